The number of rotatable bonds is 9. The zero-order chi connectivity index (χ0) is 29.6. The highest BCUT2D eigenvalue weighted by Gasteiger charge is 2.41. The molecule has 1 aliphatic heterocycles. The van der Waals surface area contributed by atoms with Crippen molar-refractivity contribution in [2.45, 2.75) is 51.9 Å². The highest BCUT2D eigenvalue weighted by atomic mass is 19.1. The zero-order valence-corrected chi connectivity index (χ0v) is 23.6. The fourth-order valence-corrected chi connectivity index (χ4v) is 5.07. The average molecular weight is 567 g/mol. The fourth-order valence-electron chi connectivity index (χ4n) is 5.07. The van der Waals surface area contributed by atoms with Gasteiger partial charge in [-0.3, -0.25) is 4.90 Å². The zero-order valence-electron chi connectivity index (χ0n) is 23.6. The first kappa shape index (κ1) is 30.0. The second-order valence-corrected chi connectivity index (χ2v) is 10.4. The van der Waals surface area contributed by atoms with Gasteiger partial charge in [0.05, 0.1) is 12.6 Å². The maximum absolute atomic E-state index is 15.7. The van der Waals surface area contributed by atoms with Crippen molar-refractivity contribution in [3.05, 3.63) is 64.9 Å². The SMILES string of the molecule is CCOC(=O)COCC#CC#CCOc1cc(F)c([C@@H]2c3[nH]c4ccccc4c3C[C@@H](C)N2CC(C)(C)F)c(F)c1. The minimum Gasteiger partial charge on any atom is -0.481 e. The number of aromatic amines is 1. The van der Waals surface area contributed by atoms with Gasteiger partial charge in [0.2, 0.25) is 0 Å². The number of para-hydroxylation sites is 1. The van der Waals surface area contributed by atoms with Crippen molar-refractivity contribution in [3.8, 4) is 29.4 Å². The molecule has 0 radical (unpaired) electrons. The molecule has 0 saturated carbocycles. The van der Waals surface area contributed by atoms with E-state index in [1.165, 1.54) is 13.8 Å². The molecule has 1 aromatic heterocycles. The molecule has 9 heteroatoms. The van der Waals surface area contributed by atoms with Crippen LogP contribution in [0, 0.1) is 35.3 Å². The number of hydrogen-bond donors (Lipinski definition) is 1. The van der Waals surface area contributed by atoms with Gasteiger partial charge in [-0.25, -0.2) is 18.0 Å². The molecule has 0 saturated heterocycles. The van der Waals surface area contributed by atoms with Gasteiger partial charge in [-0.1, -0.05) is 24.1 Å². The van der Waals surface area contributed by atoms with Crippen molar-refractivity contribution in [3.63, 3.8) is 0 Å². The number of nitrogens with zero attached hydrogens (tertiary/aromatic N) is 1. The monoisotopic (exact) mass is 566 g/mol. The maximum Gasteiger partial charge on any atom is 0.332 e. The summed E-state index contributed by atoms with van der Waals surface area (Å²) in [6, 6.07) is 8.95. The number of esters is 1. The molecule has 4 rings (SSSR count). The third-order valence-corrected chi connectivity index (χ3v) is 6.65. The smallest absolute Gasteiger partial charge is 0.332 e. The molecule has 1 N–H and O–H groups in total. The molecule has 2 heterocycles. The summed E-state index contributed by atoms with van der Waals surface area (Å²) in [6.45, 7) is 6.50. The molecule has 0 amide bonds. The number of alkyl halides is 1. The van der Waals surface area contributed by atoms with E-state index in [9.17, 15) is 9.18 Å². The number of halogens is 3. The van der Waals surface area contributed by atoms with Gasteiger partial charge in [-0.05, 0) is 63.5 Å². The number of ether oxygens (including phenoxy) is 3. The van der Waals surface area contributed by atoms with E-state index in [0.717, 1.165) is 28.6 Å². The van der Waals surface area contributed by atoms with Crippen LogP contribution in [0.15, 0.2) is 36.4 Å². The molecule has 2 atom stereocenters. The van der Waals surface area contributed by atoms with Gasteiger partial charge in [0.15, 0.2) is 0 Å². The number of fused-ring (bicyclic) bond motifs is 3. The fraction of sp³-hybridized carbons (Fsp3) is 0.406. The summed E-state index contributed by atoms with van der Waals surface area (Å²) in [7, 11) is 0. The Bertz CT molecular complexity index is 1500. The van der Waals surface area contributed by atoms with Crippen LogP contribution in [0.1, 0.15) is 50.6 Å². The van der Waals surface area contributed by atoms with Gasteiger partial charge < -0.3 is 19.2 Å². The predicted molar refractivity (Wildman–Crippen MR) is 150 cm³/mol. The number of nitrogens with one attached hydrogen (secondary N) is 1. The molecule has 0 fully saturated rings. The van der Waals surface area contributed by atoms with Gasteiger partial charge in [0.1, 0.15) is 42.9 Å². The Kier molecular flexibility index (Phi) is 9.65. The molecular weight excluding hydrogens is 533 g/mol. The molecule has 1 aliphatic rings. The first-order valence-electron chi connectivity index (χ1n) is 13.4. The minimum atomic E-state index is -1.58. The van der Waals surface area contributed by atoms with Crippen LogP contribution in [0.2, 0.25) is 0 Å². The van der Waals surface area contributed by atoms with E-state index in [0.29, 0.717) is 12.1 Å². The van der Waals surface area contributed by atoms with Crippen molar-refractivity contribution < 1.29 is 32.2 Å². The summed E-state index contributed by atoms with van der Waals surface area (Å²) >= 11 is 0. The Hall–Kier alpha value is -3.92. The molecular formula is C32H33F3N2O4. The molecule has 216 valence electrons. The minimum absolute atomic E-state index is 0.000708. The van der Waals surface area contributed by atoms with Crippen molar-refractivity contribution in [1.29, 1.82) is 0 Å². The van der Waals surface area contributed by atoms with Crippen LogP contribution < -0.4 is 4.74 Å². The Labute approximate surface area is 238 Å². The Balaban J connectivity index is 1.53. The van der Waals surface area contributed by atoms with Crippen LogP contribution in [0.4, 0.5) is 13.2 Å². The third kappa shape index (κ3) is 7.43. The molecule has 41 heavy (non-hydrogen) atoms. The largest absolute Gasteiger partial charge is 0.481 e. The number of benzene rings is 2. The van der Waals surface area contributed by atoms with Crippen LogP contribution in [0.5, 0.6) is 5.75 Å². The average Bonchev–Trinajstić information content (AvgIpc) is 3.26. The molecule has 2 aromatic carbocycles. The van der Waals surface area contributed by atoms with E-state index >= 15 is 8.78 Å². The number of carbonyl (C=O) groups excluding carboxylic acids is 1. The Morgan fingerprint density at radius 3 is 2.49 bits per heavy atom. The Morgan fingerprint density at radius 1 is 1.12 bits per heavy atom. The molecule has 6 nitrogen and oxygen atoms in total. The lowest BCUT2D eigenvalue weighted by molar-refractivity contribution is -0.147. The lowest BCUT2D eigenvalue weighted by atomic mass is 9.87. The molecule has 3 aromatic rings. The van der Waals surface area contributed by atoms with Gasteiger partial charge in [0, 0.05) is 46.9 Å². The first-order chi connectivity index (χ1) is 19.6. The number of H-pyrrole nitrogens is 1. The molecule has 0 bridgehead atoms. The van der Waals surface area contributed by atoms with E-state index < -0.39 is 29.3 Å². The van der Waals surface area contributed by atoms with E-state index in [4.69, 9.17) is 14.2 Å². The number of aromatic nitrogens is 1. The number of carbonyl (C=O) groups is 1. The summed E-state index contributed by atoms with van der Waals surface area (Å²) in [5.74, 6) is 8.27. The van der Waals surface area contributed by atoms with Gasteiger partial charge >= 0.3 is 5.97 Å². The van der Waals surface area contributed by atoms with Gasteiger partial charge in [-0.2, -0.15) is 0 Å². The van der Waals surface area contributed by atoms with E-state index in [2.05, 4.69) is 28.7 Å². The molecule has 0 spiro atoms. The summed E-state index contributed by atoms with van der Waals surface area (Å²) in [4.78, 5) is 16.4. The van der Waals surface area contributed by atoms with Crippen molar-refractivity contribution in [1.82, 2.24) is 9.88 Å². The summed E-state index contributed by atoms with van der Waals surface area (Å²) in [5, 5.41) is 0.992. The number of hydrogen-bond acceptors (Lipinski definition) is 5. The Morgan fingerprint density at radius 2 is 1.80 bits per heavy atom. The second kappa shape index (κ2) is 13.2. The van der Waals surface area contributed by atoms with Crippen molar-refractivity contribution in [2.24, 2.45) is 0 Å². The summed E-state index contributed by atoms with van der Waals surface area (Å²) in [5.41, 5.74) is 0.758. The maximum atomic E-state index is 15.7. The van der Waals surface area contributed by atoms with Crippen molar-refractivity contribution in [2.75, 3.05) is 33.0 Å². The molecule has 0 aliphatic carbocycles. The normalized spacial score (nSPS) is 16.8. The highest BCUT2D eigenvalue weighted by Crippen LogP contribution is 2.43. The van der Waals surface area contributed by atoms with Crippen LogP contribution in [0.3, 0.4) is 0 Å². The highest BCUT2D eigenvalue weighted by molar-refractivity contribution is 5.85. The standard InChI is InChI=1S/C32H33F3N2O4/c1-5-40-28(38)19-39-14-10-6-7-11-15-41-22-17-25(33)29(26(34)18-22)31-30-24(23-12-8-9-13-27(23)36-30)16-21(2)37(31)20-32(3,4)35/h8-9,12-13,17-18,21,31,36H,5,14-16,19-20H2,1-4H3/t21-,31-/m1/s1. The van der Waals surface area contributed by atoms with Crippen LogP contribution in [-0.2, 0) is 20.7 Å². The van der Waals surface area contributed by atoms with Crippen molar-refractivity contribution >= 4 is 16.9 Å². The predicted octanol–water partition coefficient (Wildman–Crippen LogP) is 5.50. The summed E-state index contributed by atoms with van der Waals surface area (Å²) in [6.07, 6.45) is 0.620. The lowest BCUT2D eigenvalue weighted by Crippen LogP contribution is -2.48. The van der Waals surface area contributed by atoms with Crippen LogP contribution >= 0.6 is 0 Å². The topological polar surface area (TPSA) is 63.8 Å². The van der Waals surface area contributed by atoms with E-state index in [-0.39, 0.29) is 50.3 Å². The van der Waals surface area contributed by atoms with Crippen LogP contribution in [0.25, 0.3) is 10.9 Å². The van der Waals surface area contributed by atoms with Gasteiger partial charge in [-0.15, -0.1) is 0 Å². The van der Waals surface area contributed by atoms with Gasteiger partial charge in [0.25, 0.3) is 0 Å². The lowest BCUT2D eigenvalue weighted by Gasteiger charge is -2.43. The van der Waals surface area contributed by atoms with E-state index in [1.54, 1.807) is 6.92 Å². The molecule has 0 unspecified atom stereocenters. The quantitative estimate of drug-likeness (QED) is 0.211. The van der Waals surface area contributed by atoms with Crippen LogP contribution in [-0.4, -0.2) is 60.5 Å². The van der Waals surface area contributed by atoms with E-state index in [1.807, 2.05) is 36.1 Å². The first-order valence-corrected chi connectivity index (χ1v) is 13.4. The summed E-state index contributed by atoms with van der Waals surface area (Å²) < 4.78 is 61.5. The second-order valence-electron chi connectivity index (χ2n) is 10.4. The third-order valence-electron chi connectivity index (χ3n) is 6.65.